The van der Waals surface area contributed by atoms with Gasteiger partial charge >= 0.3 is 0 Å². The molecule has 118 valence electrons. The molecule has 0 radical (unpaired) electrons. The lowest BCUT2D eigenvalue weighted by molar-refractivity contribution is -0.121. The van der Waals surface area contributed by atoms with E-state index in [0.29, 0.717) is 17.8 Å². The molecule has 1 spiro atoms. The van der Waals surface area contributed by atoms with Gasteiger partial charge in [-0.15, -0.1) is 0 Å². The van der Waals surface area contributed by atoms with Crippen molar-refractivity contribution in [2.24, 2.45) is 5.92 Å². The van der Waals surface area contributed by atoms with Gasteiger partial charge in [-0.25, -0.2) is 0 Å². The summed E-state index contributed by atoms with van der Waals surface area (Å²) in [5.41, 5.74) is 3.28. The maximum absolute atomic E-state index is 12.3. The molecule has 22 heavy (non-hydrogen) atoms. The Balaban J connectivity index is 1.49. The first-order valence-electron chi connectivity index (χ1n) is 8.84. The van der Waals surface area contributed by atoms with E-state index in [1.54, 1.807) is 0 Å². The number of hydrogen-bond donors (Lipinski definition) is 2. The largest absolute Gasteiger partial charge is 0.356 e. The van der Waals surface area contributed by atoms with Gasteiger partial charge in [0.05, 0.1) is 0 Å². The number of nitrogens with one attached hydrogen (secondary N) is 2. The number of carbonyl (C=O) groups is 1. The van der Waals surface area contributed by atoms with Crippen molar-refractivity contribution in [3.05, 3.63) is 35.4 Å². The molecule has 1 saturated heterocycles. The Morgan fingerprint density at radius 2 is 2.00 bits per heavy atom. The Hall–Kier alpha value is -1.35. The number of hydrogen-bond acceptors (Lipinski definition) is 2. The quantitative estimate of drug-likeness (QED) is 0.897. The summed E-state index contributed by atoms with van der Waals surface area (Å²) in [6.07, 6.45) is 6.84. The second-order valence-corrected chi connectivity index (χ2v) is 7.47. The van der Waals surface area contributed by atoms with Gasteiger partial charge < -0.3 is 10.6 Å². The van der Waals surface area contributed by atoms with Gasteiger partial charge in [-0.05, 0) is 73.6 Å². The van der Waals surface area contributed by atoms with Gasteiger partial charge in [-0.1, -0.05) is 24.3 Å². The first-order chi connectivity index (χ1) is 10.8. The second kappa shape index (κ2) is 5.69. The van der Waals surface area contributed by atoms with Crippen molar-refractivity contribution < 1.29 is 4.79 Å². The third-order valence-corrected chi connectivity index (χ3v) is 5.89. The third-order valence-electron chi connectivity index (χ3n) is 5.89. The Labute approximate surface area is 132 Å². The van der Waals surface area contributed by atoms with Crippen LogP contribution in [0.1, 0.15) is 55.6 Å². The molecule has 1 atom stereocenters. The van der Waals surface area contributed by atoms with Crippen LogP contribution in [-0.4, -0.2) is 25.5 Å². The molecule has 0 bridgehead atoms. The van der Waals surface area contributed by atoms with E-state index >= 15 is 0 Å². The van der Waals surface area contributed by atoms with Crippen LogP contribution in [-0.2, 0) is 10.2 Å². The molecule has 2 N–H and O–H groups in total. The van der Waals surface area contributed by atoms with Gasteiger partial charge in [-0.3, -0.25) is 4.79 Å². The van der Waals surface area contributed by atoms with Crippen molar-refractivity contribution in [1.29, 1.82) is 0 Å². The van der Waals surface area contributed by atoms with Crippen molar-refractivity contribution in [1.82, 2.24) is 10.6 Å². The van der Waals surface area contributed by atoms with Crippen LogP contribution in [0.25, 0.3) is 0 Å². The number of carbonyl (C=O) groups excluding carboxylic acids is 1. The molecule has 1 saturated carbocycles. The maximum atomic E-state index is 12.3. The highest BCUT2D eigenvalue weighted by atomic mass is 16.1. The van der Waals surface area contributed by atoms with E-state index in [9.17, 15) is 4.79 Å². The van der Waals surface area contributed by atoms with Gasteiger partial charge in [0.2, 0.25) is 5.91 Å². The SMILES string of the molecule is O=C(CC1CC2(CCNCC2)c2ccccc21)NCC1CC1. The fourth-order valence-corrected chi connectivity index (χ4v) is 4.46. The van der Waals surface area contributed by atoms with Crippen molar-refractivity contribution in [3.63, 3.8) is 0 Å². The highest BCUT2D eigenvalue weighted by Gasteiger charge is 2.44. The first-order valence-corrected chi connectivity index (χ1v) is 8.84. The van der Waals surface area contributed by atoms with Crippen molar-refractivity contribution in [2.45, 2.75) is 49.9 Å². The molecule has 2 aliphatic carbocycles. The monoisotopic (exact) mass is 298 g/mol. The fourth-order valence-electron chi connectivity index (χ4n) is 4.46. The van der Waals surface area contributed by atoms with Gasteiger partial charge in [0, 0.05) is 13.0 Å². The summed E-state index contributed by atoms with van der Waals surface area (Å²) in [5.74, 6) is 1.42. The van der Waals surface area contributed by atoms with Crippen LogP contribution in [0.3, 0.4) is 0 Å². The standard InChI is InChI=1S/C19H26N2O/c22-18(21-13-14-5-6-14)11-15-12-19(7-9-20-10-8-19)17-4-2-1-3-16(15)17/h1-4,14-15,20H,5-13H2,(H,21,22). The van der Waals surface area contributed by atoms with E-state index in [-0.39, 0.29) is 5.91 Å². The average Bonchev–Trinajstić information content (AvgIpc) is 3.33. The summed E-state index contributed by atoms with van der Waals surface area (Å²) in [6, 6.07) is 8.86. The highest BCUT2D eigenvalue weighted by molar-refractivity contribution is 5.77. The summed E-state index contributed by atoms with van der Waals surface area (Å²) in [5, 5.41) is 6.63. The molecule has 0 aromatic heterocycles. The van der Waals surface area contributed by atoms with E-state index in [1.165, 1.54) is 36.8 Å². The lowest BCUT2D eigenvalue weighted by Crippen LogP contribution is -2.38. The molecule has 4 rings (SSSR count). The Bertz CT molecular complexity index is 558. The zero-order chi connectivity index (χ0) is 15.0. The summed E-state index contributed by atoms with van der Waals surface area (Å²) in [7, 11) is 0. The van der Waals surface area contributed by atoms with Gasteiger partial charge in [0.15, 0.2) is 0 Å². The molecule has 1 amide bonds. The summed E-state index contributed by atoms with van der Waals surface area (Å²) in [4.78, 5) is 12.3. The van der Waals surface area contributed by atoms with Crippen LogP contribution in [0.4, 0.5) is 0 Å². The first kappa shape index (κ1) is 14.3. The topological polar surface area (TPSA) is 41.1 Å². The molecule has 1 unspecified atom stereocenters. The lowest BCUT2D eigenvalue weighted by Gasteiger charge is -2.35. The predicted molar refractivity (Wildman–Crippen MR) is 87.9 cm³/mol. The van der Waals surface area contributed by atoms with E-state index in [0.717, 1.165) is 32.0 Å². The molecule has 1 aromatic carbocycles. The molecule has 3 nitrogen and oxygen atoms in total. The number of amides is 1. The van der Waals surface area contributed by atoms with Gasteiger partial charge in [0.25, 0.3) is 0 Å². The minimum atomic E-state index is 0.248. The Morgan fingerprint density at radius 1 is 1.23 bits per heavy atom. The fraction of sp³-hybridized carbons (Fsp3) is 0.632. The molecule has 3 heteroatoms. The number of benzene rings is 1. The molecule has 3 aliphatic rings. The van der Waals surface area contributed by atoms with Crippen LogP contribution in [0.5, 0.6) is 0 Å². The van der Waals surface area contributed by atoms with Gasteiger partial charge in [0.1, 0.15) is 0 Å². The predicted octanol–water partition coefficient (Wildman–Crippen LogP) is 2.71. The minimum absolute atomic E-state index is 0.248. The lowest BCUT2D eigenvalue weighted by atomic mass is 9.73. The normalized spacial score (nSPS) is 25.9. The molecule has 1 heterocycles. The third kappa shape index (κ3) is 2.67. The summed E-state index contributed by atoms with van der Waals surface area (Å²) < 4.78 is 0. The Kier molecular flexibility index (Phi) is 3.69. The number of fused-ring (bicyclic) bond motifs is 2. The highest BCUT2D eigenvalue weighted by Crippen LogP contribution is 2.51. The summed E-state index contributed by atoms with van der Waals surface area (Å²) in [6.45, 7) is 3.10. The number of rotatable bonds is 4. The van der Waals surface area contributed by atoms with Gasteiger partial charge in [-0.2, -0.15) is 0 Å². The van der Waals surface area contributed by atoms with E-state index in [4.69, 9.17) is 0 Å². The van der Waals surface area contributed by atoms with Crippen molar-refractivity contribution >= 4 is 5.91 Å². The van der Waals surface area contributed by atoms with E-state index in [2.05, 4.69) is 34.9 Å². The molecule has 1 aromatic rings. The van der Waals surface area contributed by atoms with Crippen molar-refractivity contribution in [2.75, 3.05) is 19.6 Å². The van der Waals surface area contributed by atoms with Crippen LogP contribution in [0, 0.1) is 5.92 Å². The maximum Gasteiger partial charge on any atom is 0.220 e. The molecule has 2 fully saturated rings. The summed E-state index contributed by atoms with van der Waals surface area (Å²) >= 11 is 0. The van der Waals surface area contributed by atoms with Crippen LogP contribution >= 0.6 is 0 Å². The molecular weight excluding hydrogens is 272 g/mol. The van der Waals surface area contributed by atoms with E-state index in [1.807, 2.05) is 0 Å². The van der Waals surface area contributed by atoms with Crippen LogP contribution in [0.15, 0.2) is 24.3 Å². The second-order valence-electron chi connectivity index (χ2n) is 7.47. The smallest absolute Gasteiger partial charge is 0.220 e. The molecular formula is C19H26N2O. The minimum Gasteiger partial charge on any atom is -0.356 e. The van der Waals surface area contributed by atoms with E-state index < -0.39 is 0 Å². The zero-order valence-corrected chi connectivity index (χ0v) is 13.2. The Morgan fingerprint density at radius 3 is 2.77 bits per heavy atom. The van der Waals surface area contributed by atoms with Crippen LogP contribution in [0.2, 0.25) is 0 Å². The zero-order valence-electron chi connectivity index (χ0n) is 13.2. The van der Waals surface area contributed by atoms with Crippen molar-refractivity contribution in [3.8, 4) is 0 Å². The van der Waals surface area contributed by atoms with Crippen LogP contribution < -0.4 is 10.6 Å². The number of piperidine rings is 1. The average molecular weight is 298 g/mol. The molecule has 1 aliphatic heterocycles.